The largest absolute Gasteiger partial charge is 0.493 e. The fourth-order valence-corrected chi connectivity index (χ4v) is 7.09. The van der Waals surface area contributed by atoms with E-state index in [0.717, 1.165) is 11.5 Å². The molecule has 0 radical (unpaired) electrons. The van der Waals surface area contributed by atoms with Crippen LogP contribution in [0, 0.1) is 11.7 Å². The third-order valence-electron chi connectivity index (χ3n) is 8.20. The number of methoxy groups -OCH3 is 1. The lowest BCUT2D eigenvalue weighted by atomic mass is 9.93. The number of sulfone groups is 1. The van der Waals surface area contributed by atoms with Crippen molar-refractivity contribution in [3.05, 3.63) is 83.8 Å². The lowest BCUT2D eigenvalue weighted by Gasteiger charge is -2.32. The van der Waals surface area contributed by atoms with Crippen molar-refractivity contribution in [2.24, 2.45) is 5.92 Å². The van der Waals surface area contributed by atoms with Gasteiger partial charge in [0, 0.05) is 35.4 Å². The van der Waals surface area contributed by atoms with Gasteiger partial charge in [0.1, 0.15) is 17.7 Å². The first kappa shape index (κ1) is 32.5. The average Bonchev–Trinajstić information content (AvgIpc) is 3.50. The van der Waals surface area contributed by atoms with E-state index in [-0.39, 0.29) is 52.8 Å². The zero-order valence-electron chi connectivity index (χ0n) is 25.6. The van der Waals surface area contributed by atoms with Gasteiger partial charge < -0.3 is 30.5 Å². The molecule has 0 saturated carbocycles. The summed E-state index contributed by atoms with van der Waals surface area (Å²) in [5.41, 5.74) is 6.59. The first-order chi connectivity index (χ1) is 22.0. The number of nitrogens with one attached hydrogen (secondary N) is 1. The van der Waals surface area contributed by atoms with Gasteiger partial charge in [0.15, 0.2) is 21.3 Å². The number of carboxylic acid groups (broad SMARTS) is 1. The fraction of sp³-hybridized carbons (Fsp3) is 0.303. The molecule has 0 aliphatic carbocycles. The summed E-state index contributed by atoms with van der Waals surface area (Å²) in [7, 11) is -2.42. The normalized spacial score (nSPS) is 17.1. The first-order valence-electron chi connectivity index (χ1n) is 14.8. The number of likely N-dealkylation sites (tertiary alicyclic amines) is 1. The van der Waals surface area contributed by atoms with E-state index in [1.165, 1.54) is 37.1 Å². The molecular weight excluding hydrogens is 615 g/mol. The van der Waals surface area contributed by atoms with E-state index in [9.17, 15) is 23.1 Å². The van der Waals surface area contributed by atoms with E-state index in [4.69, 9.17) is 15.2 Å². The molecule has 1 saturated heterocycles. The van der Waals surface area contributed by atoms with Crippen LogP contribution >= 0.6 is 0 Å². The number of anilines is 2. The molecule has 1 fully saturated rings. The summed E-state index contributed by atoms with van der Waals surface area (Å²) < 4.78 is 53.1. The van der Waals surface area contributed by atoms with E-state index in [0.29, 0.717) is 16.9 Å². The molecule has 2 heterocycles. The zero-order chi connectivity index (χ0) is 33.2. The molecule has 4 aromatic rings. The van der Waals surface area contributed by atoms with Crippen LogP contribution in [-0.4, -0.2) is 61.3 Å². The van der Waals surface area contributed by atoms with Gasteiger partial charge in [0.25, 0.3) is 0 Å². The third-order valence-corrected chi connectivity index (χ3v) is 10.00. The van der Waals surface area contributed by atoms with Gasteiger partial charge in [-0.05, 0) is 60.7 Å². The molecule has 3 atom stereocenters. The van der Waals surface area contributed by atoms with E-state index >= 15 is 4.39 Å². The van der Waals surface area contributed by atoms with Crippen molar-refractivity contribution >= 4 is 44.0 Å². The van der Waals surface area contributed by atoms with Crippen molar-refractivity contribution in [2.45, 2.75) is 37.2 Å². The summed E-state index contributed by atoms with van der Waals surface area (Å²) >= 11 is 0. The monoisotopic (exact) mass is 650 g/mol. The van der Waals surface area contributed by atoms with Crippen LogP contribution in [0.15, 0.2) is 71.8 Å². The van der Waals surface area contributed by atoms with Crippen molar-refractivity contribution < 1.29 is 37.0 Å². The van der Waals surface area contributed by atoms with Gasteiger partial charge in [-0.2, -0.15) is 0 Å². The summed E-state index contributed by atoms with van der Waals surface area (Å²) in [5.74, 6) is -3.26. The molecule has 46 heavy (non-hydrogen) atoms. The number of amides is 1. The number of carboxylic acids is 1. The highest BCUT2D eigenvalue weighted by Crippen LogP contribution is 2.43. The number of fused-ring (bicyclic) bond motifs is 1. The maximum atomic E-state index is 15.9. The quantitative estimate of drug-likeness (QED) is 0.202. The molecule has 11 nitrogen and oxygen atoms in total. The highest BCUT2D eigenvalue weighted by Gasteiger charge is 2.46. The van der Waals surface area contributed by atoms with Gasteiger partial charge in [0.05, 0.1) is 36.3 Å². The summed E-state index contributed by atoms with van der Waals surface area (Å²) in [5, 5.41) is 14.7. The van der Waals surface area contributed by atoms with Crippen molar-refractivity contribution in [1.29, 1.82) is 0 Å². The predicted octanol–water partition coefficient (Wildman–Crippen LogP) is 4.98. The van der Waals surface area contributed by atoms with Gasteiger partial charge in [-0.3, -0.25) is 9.59 Å². The van der Waals surface area contributed by atoms with E-state index in [1.807, 2.05) is 0 Å². The smallest absolute Gasteiger partial charge is 0.309 e. The van der Waals surface area contributed by atoms with Crippen molar-refractivity contribution in [2.75, 3.05) is 37.1 Å². The number of nitrogen functional groups attached to an aromatic ring is 1. The van der Waals surface area contributed by atoms with E-state index in [1.54, 1.807) is 49.5 Å². The van der Waals surface area contributed by atoms with Gasteiger partial charge in [-0.1, -0.05) is 25.1 Å². The van der Waals surface area contributed by atoms with Crippen LogP contribution in [0.5, 0.6) is 11.5 Å². The SMILES string of the molecule is CCOc1cc([C@H](Nc2ccc3c(N)nccc3c2)C(=O)N2CCC(C(=O)O)C2c2ccccc2S(=O)(=O)CC)c(F)cc1OC. The molecule has 4 N–H and O–H groups in total. The minimum atomic E-state index is -3.79. The lowest BCUT2D eigenvalue weighted by molar-refractivity contribution is -0.143. The predicted molar refractivity (Wildman–Crippen MR) is 171 cm³/mol. The minimum absolute atomic E-state index is 0.00479. The Kier molecular flexibility index (Phi) is 9.33. The van der Waals surface area contributed by atoms with Crippen LogP contribution in [0.4, 0.5) is 15.9 Å². The Morgan fingerprint density at radius 2 is 1.89 bits per heavy atom. The van der Waals surface area contributed by atoms with Gasteiger partial charge in [-0.25, -0.2) is 17.8 Å². The zero-order valence-corrected chi connectivity index (χ0v) is 26.4. The number of carbonyl (C=O) groups is 2. The summed E-state index contributed by atoms with van der Waals surface area (Å²) in [4.78, 5) is 32.6. The van der Waals surface area contributed by atoms with Gasteiger partial charge in [-0.15, -0.1) is 0 Å². The number of hydrogen-bond acceptors (Lipinski definition) is 9. The number of rotatable bonds is 11. The Morgan fingerprint density at radius 3 is 2.59 bits per heavy atom. The Balaban J connectivity index is 1.66. The van der Waals surface area contributed by atoms with Crippen LogP contribution in [-0.2, 0) is 19.4 Å². The fourth-order valence-electron chi connectivity index (χ4n) is 5.94. The van der Waals surface area contributed by atoms with E-state index in [2.05, 4.69) is 10.3 Å². The molecule has 0 spiro atoms. The second-order valence-corrected chi connectivity index (χ2v) is 13.1. The molecule has 1 aromatic heterocycles. The van der Waals surface area contributed by atoms with Crippen LogP contribution in [0.25, 0.3) is 10.8 Å². The molecule has 3 aromatic carbocycles. The second-order valence-electron chi connectivity index (χ2n) is 10.8. The Hall–Kier alpha value is -4.91. The molecule has 242 valence electrons. The van der Waals surface area contributed by atoms with Crippen LogP contribution in [0.2, 0.25) is 0 Å². The van der Waals surface area contributed by atoms with Crippen LogP contribution in [0.1, 0.15) is 43.5 Å². The highest BCUT2D eigenvalue weighted by molar-refractivity contribution is 7.91. The number of aliphatic carboxylic acids is 1. The number of halogens is 1. The standard InChI is InChI=1S/C33H35FN4O7S/c1-4-45-27-17-24(25(34)18-26(27)44-3)29(37-20-10-11-21-19(16-20)12-14-36-31(21)35)32(39)38-15-13-23(33(40)41)30(38)22-8-6-7-9-28(22)46(42,43)5-2/h6-12,14,16-18,23,29-30,37H,4-5,13,15H2,1-3H3,(H2,35,36)(H,40,41)/t23?,29-,30?/m0/s1. The topological polar surface area (TPSA) is 161 Å². The Labute approximate surface area is 266 Å². The molecule has 13 heteroatoms. The molecule has 5 rings (SSSR count). The van der Waals surface area contributed by atoms with Crippen molar-refractivity contribution in [1.82, 2.24) is 9.88 Å². The molecule has 1 aliphatic rings. The maximum absolute atomic E-state index is 15.9. The van der Waals surface area contributed by atoms with Gasteiger partial charge in [0.2, 0.25) is 5.91 Å². The molecular formula is C33H35FN4O7S. The summed E-state index contributed by atoms with van der Waals surface area (Å²) in [6.07, 6.45) is 1.61. The minimum Gasteiger partial charge on any atom is -0.493 e. The summed E-state index contributed by atoms with van der Waals surface area (Å²) in [6, 6.07) is 13.0. The lowest BCUT2D eigenvalue weighted by Crippen LogP contribution is -2.40. The highest BCUT2D eigenvalue weighted by atomic mass is 32.2. The number of hydrogen-bond donors (Lipinski definition) is 3. The van der Waals surface area contributed by atoms with Crippen molar-refractivity contribution in [3.63, 3.8) is 0 Å². The number of carbonyl (C=O) groups excluding carboxylic acids is 1. The Bertz CT molecular complexity index is 1900. The first-order valence-corrected chi connectivity index (χ1v) is 16.4. The average molecular weight is 651 g/mol. The van der Waals surface area contributed by atoms with Crippen LogP contribution in [0.3, 0.4) is 0 Å². The third kappa shape index (κ3) is 6.14. The second kappa shape index (κ2) is 13.2. The molecule has 1 amide bonds. The number of ether oxygens (including phenoxy) is 2. The number of pyridine rings is 1. The number of nitrogens with two attached hydrogens (primary N) is 1. The van der Waals surface area contributed by atoms with Crippen LogP contribution < -0.4 is 20.5 Å². The number of benzene rings is 3. The molecule has 0 bridgehead atoms. The number of aromatic nitrogens is 1. The van der Waals surface area contributed by atoms with Gasteiger partial charge >= 0.3 is 5.97 Å². The molecule has 2 unspecified atom stereocenters. The summed E-state index contributed by atoms with van der Waals surface area (Å²) in [6.45, 7) is 3.48. The number of nitrogens with zero attached hydrogens (tertiary/aromatic N) is 2. The molecule has 1 aliphatic heterocycles. The Morgan fingerprint density at radius 1 is 1.13 bits per heavy atom. The maximum Gasteiger partial charge on any atom is 0.309 e. The van der Waals surface area contributed by atoms with E-state index < -0.39 is 45.5 Å². The van der Waals surface area contributed by atoms with Crippen molar-refractivity contribution in [3.8, 4) is 11.5 Å².